The standard InChI is InChI=1S/C21H23ClN4OS/c1-14-19(15(2)26(24-14)13-16-6-3-4-8-18(16)22)21(27)25-10-5-7-17(12-25)20-23-9-11-28-20/h3-4,6,8-9,11,17H,5,7,10,12-13H2,1-2H3. The number of halogens is 1. The van der Waals surface area contributed by atoms with Gasteiger partial charge < -0.3 is 4.90 Å². The highest BCUT2D eigenvalue weighted by atomic mass is 35.5. The van der Waals surface area contributed by atoms with E-state index in [0.717, 1.165) is 47.9 Å². The van der Waals surface area contributed by atoms with E-state index in [1.165, 1.54) is 0 Å². The van der Waals surface area contributed by atoms with Gasteiger partial charge in [0.15, 0.2) is 0 Å². The minimum absolute atomic E-state index is 0.0710. The Bertz CT molecular complexity index is 982. The first-order valence-electron chi connectivity index (χ1n) is 9.50. The molecule has 146 valence electrons. The van der Waals surface area contributed by atoms with Crippen LogP contribution in [0.2, 0.25) is 5.02 Å². The van der Waals surface area contributed by atoms with Gasteiger partial charge in [-0.25, -0.2) is 4.98 Å². The molecule has 0 radical (unpaired) electrons. The molecule has 0 bridgehead atoms. The van der Waals surface area contributed by atoms with Crippen LogP contribution in [0.25, 0.3) is 0 Å². The van der Waals surface area contributed by atoms with Crippen molar-refractivity contribution in [3.8, 4) is 0 Å². The molecule has 0 saturated carbocycles. The Balaban J connectivity index is 1.56. The first-order valence-corrected chi connectivity index (χ1v) is 10.8. The van der Waals surface area contributed by atoms with Gasteiger partial charge in [0.25, 0.3) is 5.91 Å². The van der Waals surface area contributed by atoms with E-state index in [9.17, 15) is 4.79 Å². The Kier molecular flexibility index (Phi) is 5.51. The third-order valence-electron chi connectivity index (χ3n) is 5.38. The van der Waals surface area contributed by atoms with Gasteiger partial charge in [0.2, 0.25) is 0 Å². The highest BCUT2D eigenvalue weighted by Crippen LogP contribution is 2.30. The smallest absolute Gasteiger partial charge is 0.257 e. The second-order valence-electron chi connectivity index (χ2n) is 7.26. The predicted molar refractivity (Wildman–Crippen MR) is 112 cm³/mol. The van der Waals surface area contributed by atoms with Crippen molar-refractivity contribution in [3.63, 3.8) is 0 Å². The summed E-state index contributed by atoms with van der Waals surface area (Å²) < 4.78 is 1.88. The van der Waals surface area contributed by atoms with Crippen molar-refractivity contribution >= 4 is 28.8 Å². The molecule has 3 aromatic rings. The summed E-state index contributed by atoms with van der Waals surface area (Å²) in [6, 6.07) is 7.74. The molecular formula is C21H23ClN4OS. The number of carbonyl (C=O) groups is 1. The van der Waals surface area contributed by atoms with Gasteiger partial charge >= 0.3 is 0 Å². The van der Waals surface area contributed by atoms with Crippen molar-refractivity contribution in [2.24, 2.45) is 0 Å². The topological polar surface area (TPSA) is 51.0 Å². The number of amides is 1. The van der Waals surface area contributed by atoms with Crippen LogP contribution in [0.5, 0.6) is 0 Å². The lowest BCUT2D eigenvalue weighted by Crippen LogP contribution is -2.39. The van der Waals surface area contributed by atoms with E-state index >= 15 is 0 Å². The molecule has 1 aliphatic heterocycles. The number of hydrogen-bond acceptors (Lipinski definition) is 4. The minimum atomic E-state index is 0.0710. The van der Waals surface area contributed by atoms with Crippen LogP contribution in [0.15, 0.2) is 35.8 Å². The van der Waals surface area contributed by atoms with Crippen molar-refractivity contribution in [1.82, 2.24) is 19.7 Å². The lowest BCUT2D eigenvalue weighted by Gasteiger charge is -2.32. The first kappa shape index (κ1) is 19.2. The number of nitrogens with zero attached hydrogens (tertiary/aromatic N) is 4. The summed E-state index contributed by atoms with van der Waals surface area (Å²) in [5.74, 6) is 0.401. The number of aryl methyl sites for hydroxylation is 1. The Hall–Kier alpha value is -2.18. The van der Waals surface area contributed by atoms with Crippen LogP contribution in [0, 0.1) is 13.8 Å². The average molecular weight is 415 g/mol. The van der Waals surface area contributed by atoms with Crippen LogP contribution in [-0.2, 0) is 6.54 Å². The number of aromatic nitrogens is 3. The molecule has 1 aromatic carbocycles. The predicted octanol–water partition coefficient (Wildman–Crippen LogP) is 4.68. The zero-order valence-electron chi connectivity index (χ0n) is 16.1. The largest absolute Gasteiger partial charge is 0.338 e. The van der Waals surface area contributed by atoms with Crippen LogP contribution in [-0.4, -0.2) is 38.7 Å². The molecule has 7 heteroatoms. The summed E-state index contributed by atoms with van der Waals surface area (Å²) in [5.41, 5.74) is 3.37. The molecule has 5 nitrogen and oxygen atoms in total. The van der Waals surface area contributed by atoms with Gasteiger partial charge in [-0.05, 0) is 38.3 Å². The molecule has 28 heavy (non-hydrogen) atoms. The van der Waals surface area contributed by atoms with Crippen molar-refractivity contribution in [2.75, 3.05) is 13.1 Å². The molecule has 3 heterocycles. The Morgan fingerprint density at radius 2 is 2.14 bits per heavy atom. The Labute approximate surface area is 174 Å². The number of rotatable bonds is 4. The summed E-state index contributed by atoms with van der Waals surface area (Å²) in [4.78, 5) is 19.7. The van der Waals surface area contributed by atoms with Crippen molar-refractivity contribution < 1.29 is 4.79 Å². The molecule has 1 aliphatic rings. The van der Waals surface area contributed by atoms with Gasteiger partial charge in [-0.1, -0.05) is 29.8 Å². The molecular weight excluding hydrogens is 392 g/mol. The van der Waals surface area contributed by atoms with E-state index in [-0.39, 0.29) is 5.91 Å². The number of carbonyl (C=O) groups excluding carboxylic acids is 1. The molecule has 1 unspecified atom stereocenters. The number of benzene rings is 1. The minimum Gasteiger partial charge on any atom is -0.338 e. The third kappa shape index (κ3) is 3.71. The second-order valence-corrected chi connectivity index (χ2v) is 8.59. The lowest BCUT2D eigenvalue weighted by atomic mass is 9.98. The van der Waals surface area contributed by atoms with Gasteiger partial charge in [-0.15, -0.1) is 11.3 Å². The van der Waals surface area contributed by atoms with E-state index in [1.807, 2.05) is 59.3 Å². The van der Waals surface area contributed by atoms with E-state index in [2.05, 4.69) is 10.1 Å². The average Bonchev–Trinajstić information content (AvgIpc) is 3.32. The molecule has 0 spiro atoms. The summed E-state index contributed by atoms with van der Waals surface area (Å²) in [5, 5.41) is 8.47. The molecule has 1 fully saturated rings. The highest BCUT2D eigenvalue weighted by molar-refractivity contribution is 7.09. The molecule has 1 saturated heterocycles. The molecule has 4 rings (SSSR count). The van der Waals surface area contributed by atoms with Crippen molar-refractivity contribution in [2.45, 2.75) is 39.2 Å². The summed E-state index contributed by atoms with van der Waals surface area (Å²) in [6.07, 6.45) is 3.93. The summed E-state index contributed by atoms with van der Waals surface area (Å²) in [7, 11) is 0. The van der Waals surface area contributed by atoms with Crippen LogP contribution in [0.1, 0.15) is 51.1 Å². The maximum Gasteiger partial charge on any atom is 0.257 e. The number of hydrogen-bond donors (Lipinski definition) is 0. The van der Waals surface area contributed by atoms with Gasteiger partial charge in [-0.2, -0.15) is 5.10 Å². The molecule has 1 amide bonds. The Morgan fingerprint density at radius 1 is 1.32 bits per heavy atom. The third-order valence-corrected chi connectivity index (χ3v) is 6.69. The fourth-order valence-electron chi connectivity index (χ4n) is 3.91. The van der Waals surface area contributed by atoms with Crippen LogP contribution < -0.4 is 0 Å². The SMILES string of the molecule is Cc1nn(Cc2ccccc2Cl)c(C)c1C(=O)N1CCCC(c2nccs2)C1. The Morgan fingerprint density at radius 3 is 2.89 bits per heavy atom. The number of likely N-dealkylation sites (tertiary alicyclic amines) is 1. The maximum absolute atomic E-state index is 13.3. The summed E-state index contributed by atoms with van der Waals surface area (Å²) >= 11 is 7.97. The van der Waals surface area contributed by atoms with Gasteiger partial charge in [0.05, 0.1) is 22.8 Å². The van der Waals surface area contributed by atoms with Gasteiger partial charge in [0, 0.05) is 41.3 Å². The van der Waals surface area contributed by atoms with Gasteiger partial charge in [-0.3, -0.25) is 9.48 Å². The lowest BCUT2D eigenvalue weighted by molar-refractivity contribution is 0.0705. The van der Waals surface area contributed by atoms with Crippen molar-refractivity contribution in [1.29, 1.82) is 0 Å². The van der Waals surface area contributed by atoms with Crippen LogP contribution in [0.4, 0.5) is 0 Å². The van der Waals surface area contributed by atoms with Crippen molar-refractivity contribution in [3.05, 3.63) is 68.4 Å². The van der Waals surface area contributed by atoms with Crippen LogP contribution >= 0.6 is 22.9 Å². The number of thiazole rings is 1. The normalized spacial score (nSPS) is 17.1. The molecule has 0 N–H and O–H groups in total. The van der Waals surface area contributed by atoms with E-state index in [4.69, 9.17) is 11.6 Å². The monoisotopic (exact) mass is 414 g/mol. The fraction of sp³-hybridized carbons (Fsp3) is 0.381. The molecule has 1 atom stereocenters. The van der Waals surface area contributed by atoms with E-state index < -0.39 is 0 Å². The fourth-order valence-corrected chi connectivity index (χ4v) is 4.87. The van der Waals surface area contributed by atoms with Gasteiger partial charge in [0.1, 0.15) is 0 Å². The first-order chi connectivity index (χ1) is 13.5. The zero-order chi connectivity index (χ0) is 19.7. The van der Waals surface area contributed by atoms with E-state index in [1.54, 1.807) is 11.3 Å². The number of piperidine rings is 1. The second kappa shape index (κ2) is 8.05. The molecule has 0 aliphatic carbocycles. The molecule has 2 aromatic heterocycles. The zero-order valence-corrected chi connectivity index (χ0v) is 17.6. The highest BCUT2D eigenvalue weighted by Gasteiger charge is 2.30. The van der Waals surface area contributed by atoms with E-state index in [0.29, 0.717) is 23.0 Å². The van der Waals surface area contributed by atoms with Crippen LogP contribution in [0.3, 0.4) is 0 Å². The quantitative estimate of drug-likeness (QED) is 0.622. The maximum atomic E-state index is 13.3. The summed E-state index contributed by atoms with van der Waals surface area (Å²) in [6.45, 7) is 5.94.